The van der Waals surface area contributed by atoms with Gasteiger partial charge in [0.25, 0.3) is 0 Å². The molecule has 0 heterocycles. The topological polar surface area (TPSA) is 35.2 Å². The second-order valence-corrected chi connectivity index (χ2v) is 6.49. The second kappa shape index (κ2) is 4.59. The molecule has 0 amide bonds. The van der Waals surface area contributed by atoms with Gasteiger partial charge in [-0.05, 0) is 42.2 Å². The minimum atomic E-state index is 0.515. The summed E-state index contributed by atoms with van der Waals surface area (Å²) < 4.78 is 5.80. The van der Waals surface area contributed by atoms with Crippen molar-refractivity contribution in [3.8, 4) is 5.75 Å². The second-order valence-electron chi connectivity index (χ2n) is 6.49. The van der Waals surface area contributed by atoms with E-state index in [1.807, 2.05) is 24.3 Å². The Bertz CT molecular complexity index is 504. The Morgan fingerprint density at radius 2 is 2.21 bits per heavy atom. The zero-order valence-electron chi connectivity index (χ0n) is 11.9. The van der Waals surface area contributed by atoms with Crippen LogP contribution >= 0.6 is 0 Å². The fourth-order valence-corrected chi connectivity index (χ4v) is 3.65. The Kier molecular flexibility index (Phi) is 3.04. The molecular weight excluding hydrogens is 234 g/mol. The Morgan fingerprint density at radius 1 is 1.37 bits per heavy atom. The number of rotatable bonds is 4. The molecule has 1 aromatic rings. The smallest absolute Gasteiger partial charge is 0.121 e. The van der Waals surface area contributed by atoms with Gasteiger partial charge in [-0.3, -0.25) is 0 Å². The van der Waals surface area contributed by atoms with Crippen molar-refractivity contribution in [3.05, 3.63) is 35.9 Å². The molecule has 2 atom stereocenters. The normalized spacial score (nSPS) is 27.4. The maximum absolute atomic E-state index is 5.80. The van der Waals surface area contributed by atoms with Crippen LogP contribution in [-0.2, 0) is 0 Å². The van der Waals surface area contributed by atoms with Crippen LogP contribution in [0.1, 0.15) is 33.1 Å². The highest BCUT2D eigenvalue weighted by Gasteiger charge is 2.50. The van der Waals surface area contributed by atoms with Crippen molar-refractivity contribution in [2.45, 2.75) is 33.1 Å². The molecule has 2 heteroatoms. The van der Waals surface area contributed by atoms with E-state index in [1.54, 1.807) is 5.57 Å². The molecule has 2 unspecified atom stereocenters. The summed E-state index contributed by atoms with van der Waals surface area (Å²) in [5.41, 5.74) is 8.63. The molecule has 2 nitrogen and oxygen atoms in total. The number of allylic oxidation sites excluding steroid dienone is 1. The van der Waals surface area contributed by atoms with E-state index in [0.29, 0.717) is 5.41 Å². The molecule has 0 aromatic heterocycles. The molecule has 1 saturated carbocycles. The van der Waals surface area contributed by atoms with Crippen LogP contribution in [0.15, 0.2) is 35.9 Å². The predicted octanol–water partition coefficient (Wildman–Crippen LogP) is 4.03. The predicted molar refractivity (Wildman–Crippen MR) is 79.0 cm³/mol. The third-order valence-electron chi connectivity index (χ3n) is 5.10. The van der Waals surface area contributed by atoms with E-state index in [2.05, 4.69) is 19.9 Å². The minimum Gasteiger partial charge on any atom is -0.493 e. The van der Waals surface area contributed by atoms with E-state index in [-0.39, 0.29) is 0 Å². The van der Waals surface area contributed by atoms with Crippen molar-refractivity contribution in [1.82, 2.24) is 0 Å². The van der Waals surface area contributed by atoms with Gasteiger partial charge in [-0.15, -0.1) is 0 Å². The molecule has 102 valence electrons. The molecule has 1 aromatic carbocycles. The molecular formula is C17H23NO. The molecule has 0 aliphatic heterocycles. The van der Waals surface area contributed by atoms with E-state index >= 15 is 0 Å². The molecule has 3 aliphatic carbocycles. The first-order chi connectivity index (χ1) is 9.07. The Balaban J connectivity index is 1.55. The van der Waals surface area contributed by atoms with Gasteiger partial charge in [-0.2, -0.15) is 0 Å². The fraction of sp³-hybridized carbons (Fsp3) is 0.529. The van der Waals surface area contributed by atoms with Crippen molar-refractivity contribution in [3.63, 3.8) is 0 Å². The third kappa shape index (κ3) is 2.24. The Labute approximate surface area is 115 Å². The molecule has 1 fully saturated rings. The number of hydrogen-bond acceptors (Lipinski definition) is 2. The van der Waals surface area contributed by atoms with Crippen LogP contribution in [0.2, 0.25) is 0 Å². The van der Waals surface area contributed by atoms with Crippen LogP contribution in [0, 0.1) is 17.3 Å². The van der Waals surface area contributed by atoms with E-state index in [9.17, 15) is 0 Å². The summed E-state index contributed by atoms with van der Waals surface area (Å²) in [6.45, 7) is 5.59. The van der Waals surface area contributed by atoms with Crippen molar-refractivity contribution >= 4 is 5.69 Å². The number of hydrogen-bond donors (Lipinski definition) is 1. The average molecular weight is 257 g/mol. The fourth-order valence-electron chi connectivity index (χ4n) is 3.65. The molecule has 3 aliphatic rings. The number of nitrogen functional groups attached to an aromatic ring is 1. The first-order valence-electron chi connectivity index (χ1n) is 7.24. The molecule has 4 rings (SSSR count). The molecule has 0 radical (unpaired) electrons. The maximum Gasteiger partial charge on any atom is 0.121 e. The van der Waals surface area contributed by atoms with Crippen molar-refractivity contribution < 1.29 is 4.74 Å². The highest BCUT2D eigenvalue weighted by Crippen LogP contribution is 2.59. The van der Waals surface area contributed by atoms with Gasteiger partial charge < -0.3 is 10.5 Å². The van der Waals surface area contributed by atoms with Crippen LogP contribution < -0.4 is 10.5 Å². The monoisotopic (exact) mass is 257 g/mol. The highest BCUT2D eigenvalue weighted by molar-refractivity contribution is 5.43. The van der Waals surface area contributed by atoms with Gasteiger partial charge >= 0.3 is 0 Å². The first-order valence-corrected chi connectivity index (χ1v) is 7.24. The molecule has 0 spiro atoms. The summed E-state index contributed by atoms with van der Waals surface area (Å²) in [6, 6.07) is 7.67. The lowest BCUT2D eigenvalue weighted by Gasteiger charge is -2.56. The summed E-state index contributed by atoms with van der Waals surface area (Å²) in [5.74, 6) is 2.58. The van der Waals surface area contributed by atoms with Gasteiger partial charge in [-0.1, -0.05) is 31.6 Å². The lowest BCUT2D eigenvalue weighted by Crippen LogP contribution is -2.48. The SMILES string of the molecule is CC1(C)C2CC=C(CCOc3cccc(N)c3)C1C2. The third-order valence-corrected chi connectivity index (χ3v) is 5.10. The van der Waals surface area contributed by atoms with Crippen molar-refractivity contribution in [2.24, 2.45) is 17.3 Å². The lowest BCUT2D eigenvalue weighted by atomic mass is 9.48. The van der Waals surface area contributed by atoms with Crippen LogP contribution in [0.3, 0.4) is 0 Å². The molecule has 19 heavy (non-hydrogen) atoms. The highest BCUT2D eigenvalue weighted by atomic mass is 16.5. The number of anilines is 1. The standard InChI is InChI=1S/C17H23NO/c1-17(2)13-7-6-12(16(17)10-13)8-9-19-15-5-3-4-14(18)11-15/h3-6,11,13,16H,7-10,18H2,1-2H3. The largest absolute Gasteiger partial charge is 0.493 e. The number of benzene rings is 1. The Hall–Kier alpha value is -1.44. The van der Waals surface area contributed by atoms with Gasteiger partial charge in [0.15, 0.2) is 0 Å². The van der Waals surface area contributed by atoms with Gasteiger partial charge in [-0.25, -0.2) is 0 Å². The van der Waals surface area contributed by atoms with Crippen LogP contribution in [0.25, 0.3) is 0 Å². The maximum atomic E-state index is 5.80. The minimum absolute atomic E-state index is 0.515. The molecule has 0 saturated heterocycles. The van der Waals surface area contributed by atoms with Gasteiger partial charge in [0.2, 0.25) is 0 Å². The average Bonchev–Trinajstić information content (AvgIpc) is 2.39. The van der Waals surface area contributed by atoms with Crippen LogP contribution in [0.4, 0.5) is 5.69 Å². The van der Waals surface area contributed by atoms with E-state index in [1.165, 1.54) is 12.8 Å². The van der Waals surface area contributed by atoms with Gasteiger partial charge in [0, 0.05) is 18.2 Å². The zero-order valence-corrected chi connectivity index (χ0v) is 11.9. The van der Waals surface area contributed by atoms with E-state index in [0.717, 1.165) is 36.3 Å². The molecule has 2 N–H and O–H groups in total. The van der Waals surface area contributed by atoms with Crippen molar-refractivity contribution in [1.29, 1.82) is 0 Å². The summed E-state index contributed by atoms with van der Waals surface area (Å²) >= 11 is 0. The summed E-state index contributed by atoms with van der Waals surface area (Å²) in [6.07, 6.45) is 6.15. The van der Waals surface area contributed by atoms with Crippen LogP contribution in [0.5, 0.6) is 5.75 Å². The van der Waals surface area contributed by atoms with E-state index in [4.69, 9.17) is 10.5 Å². The summed E-state index contributed by atoms with van der Waals surface area (Å²) in [4.78, 5) is 0. The van der Waals surface area contributed by atoms with Gasteiger partial charge in [0.05, 0.1) is 6.61 Å². The zero-order chi connectivity index (χ0) is 13.5. The number of fused-ring (bicyclic) bond motifs is 1. The molecule has 2 bridgehead atoms. The van der Waals surface area contributed by atoms with E-state index < -0.39 is 0 Å². The quantitative estimate of drug-likeness (QED) is 0.653. The Morgan fingerprint density at radius 3 is 2.89 bits per heavy atom. The van der Waals surface area contributed by atoms with Crippen LogP contribution in [-0.4, -0.2) is 6.61 Å². The number of ether oxygens (including phenoxy) is 1. The summed E-state index contributed by atoms with van der Waals surface area (Å²) in [5, 5.41) is 0. The number of nitrogens with two attached hydrogens (primary N) is 1. The van der Waals surface area contributed by atoms with Gasteiger partial charge in [0.1, 0.15) is 5.75 Å². The lowest BCUT2D eigenvalue weighted by molar-refractivity contribution is -0.00917. The summed E-state index contributed by atoms with van der Waals surface area (Å²) in [7, 11) is 0. The first kappa shape index (κ1) is 12.6. The van der Waals surface area contributed by atoms with Crippen molar-refractivity contribution in [2.75, 3.05) is 12.3 Å².